The second-order valence-corrected chi connectivity index (χ2v) is 4.38. The summed E-state index contributed by atoms with van der Waals surface area (Å²) in [6.07, 6.45) is 7.05. The predicted octanol–water partition coefficient (Wildman–Crippen LogP) is 1.43. The average Bonchev–Trinajstić information content (AvgIpc) is 3.05. The number of nitrogens with zero attached hydrogens (tertiary/aromatic N) is 4. The Labute approximate surface area is 109 Å². The highest BCUT2D eigenvalue weighted by atomic mass is 15.2. The number of fused-ring (bicyclic) bond motifs is 1. The molecule has 7 nitrogen and oxygen atoms in total. The maximum Gasteiger partial charge on any atom is 0.186 e. The molecular formula is C12H15N7. The number of rotatable bonds is 5. The number of anilines is 1. The molecule has 0 aliphatic rings. The minimum Gasteiger partial charge on any atom is -0.369 e. The number of aromatic nitrogens is 6. The van der Waals surface area contributed by atoms with Gasteiger partial charge in [-0.15, -0.1) is 0 Å². The Hall–Kier alpha value is -2.44. The lowest BCUT2D eigenvalue weighted by Crippen LogP contribution is -2.05. The fourth-order valence-corrected chi connectivity index (χ4v) is 2.04. The molecular weight excluding hydrogens is 242 g/mol. The maximum absolute atomic E-state index is 4.27. The van der Waals surface area contributed by atoms with Gasteiger partial charge in [0.1, 0.15) is 12.1 Å². The minimum absolute atomic E-state index is 0.698. The molecule has 0 saturated carbocycles. The largest absolute Gasteiger partial charge is 0.369 e. The van der Waals surface area contributed by atoms with E-state index in [-0.39, 0.29) is 0 Å². The predicted molar refractivity (Wildman–Crippen MR) is 71.8 cm³/mol. The Balaban J connectivity index is 1.63. The number of hydrogen-bond acceptors (Lipinski definition) is 5. The molecule has 0 aliphatic heterocycles. The third-order valence-electron chi connectivity index (χ3n) is 3.00. The van der Waals surface area contributed by atoms with Gasteiger partial charge in [-0.05, 0) is 19.8 Å². The molecule has 3 rings (SSSR count). The van der Waals surface area contributed by atoms with Gasteiger partial charge in [-0.3, -0.25) is 5.10 Å². The van der Waals surface area contributed by atoms with Crippen LogP contribution >= 0.6 is 0 Å². The van der Waals surface area contributed by atoms with Crippen molar-refractivity contribution in [2.24, 2.45) is 0 Å². The summed E-state index contributed by atoms with van der Waals surface area (Å²) in [5.41, 5.74) is 2.82. The van der Waals surface area contributed by atoms with Gasteiger partial charge >= 0.3 is 0 Å². The van der Waals surface area contributed by atoms with Crippen molar-refractivity contribution in [1.82, 2.24) is 30.1 Å². The van der Waals surface area contributed by atoms with Crippen molar-refractivity contribution in [2.45, 2.75) is 19.8 Å². The second-order valence-electron chi connectivity index (χ2n) is 4.38. The van der Waals surface area contributed by atoms with Crippen molar-refractivity contribution in [3.8, 4) is 0 Å². The van der Waals surface area contributed by atoms with E-state index in [9.17, 15) is 0 Å². The Morgan fingerprint density at radius 3 is 3.11 bits per heavy atom. The normalized spacial score (nSPS) is 11.0. The molecule has 0 radical (unpaired) electrons. The van der Waals surface area contributed by atoms with Crippen molar-refractivity contribution in [2.75, 3.05) is 11.9 Å². The van der Waals surface area contributed by atoms with Gasteiger partial charge in [-0.2, -0.15) is 5.10 Å². The van der Waals surface area contributed by atoms with E-state index in [4.69, 9.17) is 0 Å². The smallest absolute Gasteiger partial charge is 0.186 e. The van der Waals surface area contributed by atoms with Crippen LogP contribution < -0.4 is 5.32 Å². The number of imidazole rings is 1. The molecule has 98 valence electrons. The summed E-state index contributed by atoms with van der Waals surface area (Å²) in [7, 11) is 0. The zero-order valence-corrected chi connectivity index (χ0v) is 10.6. The zero-order valence-electron chi connectivity index (χ0n) is 10.6. The van der Waals surface area contributed by atoms with Crippen LogP contribution in [0.2, 0.25) is 0 Å². The summed E-state index contributed by atoms with van der Waals surface area (Å²) in [5.74, 6) is 0.834. The number of aromatic amines is 2. The first-order valence-corrected chi connectivity index (χ1v) is 6.21. The Kier molecular flexibility index (Phi) is 3.09. The standard InChI is InChI=1S/C12H15N7/c1-8-10-11(16-7-17-12(10)19-18-8)14-4-2-3-9-5-13-6-15-9/h5-7H,2-4H2,1H3,(H,13,15)(H2,14,16,17,18,19). The van der Waals surface area contributed by atoms with Crippen molar-refractivity contribution < 1.29 is 0 Å². The molecule has 3 aromatic rings. The van der Waals surface area contributed by atoms with Crippen molar-refractivity contribution in [3.63, 3.8) is 0 Å². The van der Waals surface area contributed by atoms with E-state index in [1.54, 1.807) is 6.33 Å². The second kappa shape index (κ2) is 5.05. The molecule has 0 fully saturated rings. The highest BCUT2D eigenvalue weighted by Crippen LogP contribution is 2.20. The van der Waals surface area contributed by atoms with E-state index in [1.807, 2.05) is 13.1 Å². The average molecular weight is 257 g/mol. The van der Waals surface area contributed by atoms with Crippen LogP contribution in [-0.2, 0) is 6.42 Å². The number of nitrogens with one attached hydrogen (secondary N) is 3. The molecule has 0 saturated heterocycles. The van der Waals surface area contributed by atoms with Crippen LogP contribution in [0.1, 0.15) is 17.8 Å². The first-order chi connectivity index (χ1) is 9.34. The zero-order chi connectivity index (χ0) is 13.1. The molecule has 7 heteroatoms. The molecule has 0 aliphatic carbocycles. The molecule has 0 atom stereocenters. The molecule has 0 unspecified atom stereocenters. The third kappa shape index (κ3) is 2.40. The van der Waals surface area contributed by atoms with E-state index >= 15 is 0 Å². The SMILES string of the molecule is Cc1[nH]nc2ncnc(NCCCc3cnc[nH]3)c12. The first-order valence-electron chi connectivity index (χ1n) is 6.21. The van der Waals surface area contributed by atoms with Gasteiger partial charge in [0, 0.05) is 24.1 Å². The van der Waals surface area contributed by atoms with E-state index in [1.165, 1.54) is 6.33 Å². The molecule has 3 heterocycles. The molecule has 3 aromatic heterocycles. The molecule has 0 spiro atoms. The summed E-state index contributed by atoms with van der Waals surface area (Å²) in [4.78, 5) is 15.5. The van der Waals surface area contributed by atoms with Crippen LogP contribution in [0.5, 0.6) is 0 Å². The van der Waals surface area contributed by atoms with Crippen molar-refractivity contribution >= 4 is 16.9 Å². The Bertz CT molecular complexity index is 656. The van der Waals surface area contributed by atoms with Crippen LogP contribution in [0.25, 0.3) is 11.0 Å². The summed E-state index contributed by atoms with van der Waals surface area (Å²) >= 11 is 0. The Morgan fingerprint density at radius 1 is 1.32 bits per heavy atom. The van der Waals surface area contributed by atoms with Gasteiger partial charge in [0.05, 0.1) is 11.7 Å². The van der Waals surface area contributed by atoms with Gasteiger partial charge in [0.2, 0.25) is 0 Å². The maximum atomic E-state index is 4.27. The van der Waals surface area contributed by atoms with E-state index in [2.05, 4.69) is 35.5 Å². The van der Waals surface area contributed by atoms with Gasteiger partial charge < -0.3 is 10.3 Å². The minimum atomic E-state index is 0.698. The van der Waals surface area contributed by atoms with Crippen molar-refractivity contribution in [1.29, 1.82) is 0 Å². The Morgan fingerprint density at radius 2 is 2.26 bits per heavy atom. The summed E-state index contributed by atoms with van der Waals surface area (Å²) in [6, 6.07) is 0. The van der Waals surface area contributed by atoms with Gasteiger partial charge in [-0.1, -0.05) is 0 Å². The quantitative estimate of drug-likeness (QED) is 0.601. The molecule has 3 N–H and O–H groups in total. The van der Waals surface area contributed by atoms with Crippen LogP contribution in [0, 0.1) is 6.92 Å². The highest BCUT2D eigenvalue weighted by Gasteiger charge is 2.08. The van der Waals surface area contributed by atoms with Gasteiger partial charge in [0.15, 0.2) is 5.65 Å². The topological polar surface area (TPSA) is 95.2 Å². The summed E-state index contributed by atoms with van der Waals surface area (Å²) in [5, 5.41) is 11.3. The number of H-pyrrole nitrogens is 2. The number of hydrogen-bond donors (Lipinski definition) is 3. The summed E-state index contributed by atoms with van der Waals surface area (Å²) in [6.45, 7) is 2.81. The summed E-state index contributed by atoms with van der Waals surface area (Å²) < 4.78 is 0. The van der Waals surface area contributed by atoms with Crippen LogP contribution in [0.15, 0.2) is 18.9 Å². The molecule has 0 amide bonds. The van der Waals surface area contributed by atoms with Crippen molar-refractivity contribution in [3.05, 3.63) is 30.2 Å². The van der Waals surface area contributed by atoms with E-state index in [0.29, 0.717) is 5.65 Å². The lowest BCUT2D eigenvalue weighted by molar-refractivity contribution is 0.839. The molecule has 0 aromatic carbocycles. The van der Waals surface area contributed by atoms with Gasteiger partial charge in [-0.25, -0.2) is 15.0 Å². The van der Waals surface area contributed by atoms with Crippen LogP contribution in [0.3, 0.4) is 0 Å². The lowest BCUT2D eigenvalue weighted by Gasteiger charge is -2.05. The van der Waals surface area contributed by atoms with E-state index < -0.39 is 0 Å². The third-order valence-corrected chi connectivity index (χ3v) is 3.00. The first kappa shape index (κ1) is 11.6. The fourth-order valence-electron chi connectivity index (χ4n) is 2.04. The monoisotopic (exact) mass is 257 g/mol. The van der Waals surface area contributed by atoms with Crippen LogP contribution in [-0.4, -0.2) is 36.7 Å². The van der Waals surface area contributed by atoms with E-state index in [0.717, 1.165) is 42.0 Å². The molecule has 19 heavy (non-hydrogen) atoms. The van der Waals surface area contributed by atoms with Gasteiger partial charge in [0.25, 0.3) is 0 Å². The van der Waals surface area contributed by atoms with Crippen LogP contribution in [0.4, 0.5) is 5.82 Å². The lowest BCUT2D eigenvalue weighted by atomic mass is 10.2. The highest BCUT2D eigenvalue weighted by molar-refractivity contribution is 5.88. The number of aryl methyl sites for hydroxylation is 2. The molecule has 0 bridgehead atoms. The fraction of sp³-hybridized carbons (Fsp3) is 0.333.